The van der Waals surface area contributed by atoms with Gasteiger partial charge in [0.05, 0.1) is 13.2 Å². The molecule has 0 saturated carbocycles. The van der Waals surface area contributed by atoms with Gasteiger partial charge in [0.25, 0.3) is 0 Å². The molecule has 16 heavy (non-hydrogen) atoms. The molecule has 1 aliphatic heterocycles. The van der Waals surface area contributed by atoms with Crippen LogP contribution in [0.2, 0.25) is 0 Å². The zero-order chi connectivity index (χ0) is 11.2. The van der Waals surface area contributed by atoms with E-state index in [-0.39, 0.29) is 0 Å². The van der Waals surface area contributed by atoms with E-state index in [2.05, 4.69) is 35.2 Å². The Morgan fingerprint density at radius 1 is 1.31 bits per heavy atom. The molecule has 1 aliphatic rings. The summed E-state index contributed by atoms with van der Waals surface area (Å²) < 4.78 is 5.50. The van der Waals surface area contributed by atoms with Crippen LogP contribution in [0.1, 0.15) is 12.0 Å². The molecule has 88 valence electrons. The molecule has 1 heterocycles. The molecule has 0 radical (unpaired) electrons. The van der Waals surface area contributed by atoms with E-state index in [1.165, 1.54) is 5.56 Å². The zero-order valence-electron chi connectivity index (χ0n) is 9.44. The lowest BCUT2D eigenvalue weighted by Gasteiger charge is -2.35. The summed E-state index contributed by atoms with van der Waals surface area (Å²) in [7, 11) is 0. The molecule has 1 aromatic rings. The average molecular weight is 240 g/mol. The van der Waals surface area contributed by atoms with Crippen LogP contribution in [-0.4, -0.2) is 36.6 Å². The van der Waals surface area contributed by atoms with Crippen molar-refractivity contribution < 1.29 is 4.74 Å². The molecule has 0 aromatic heterocycles. The fourth-order valence-corrected chi connectivity index (χ4v) is 2.36. The minimum absolute atomic E-state index is 0.478. The lowest BCUT2D eigenvalue weighted by molar-refractivity contribution is -0.0124. The van der Waals surface area contributed by atoms with Gasteiger partial charge in [-0.3, -0.25) is 4.90 Å². The molecular formula is C13H18ClNO. The second kappa shape index (κ2) is 6.24. The Balaban J connectivity index is 1.96. The molecule has 0 spiro atoms. The third-order valence-electron chi connectivity index (χ3n) is 3.02. The van der Waals surface area contributed by atoms with E-state index in [9.17, 15) is 0 Å². The van der Waals surface area contributed by atoms with Crippen molar-refractivity contribution in [2.45, 2.75) is 19.0 Å². The number of benzene rings is 1. The minimum atomic E-state index is 0.478. The van der Waals surface area contributed by atoms with Crippen LogP contribution < -0.4 is 0 Å². The van der Waals surface area contributed by atoms with Crippen LogP contribution in [0, 0.1) is 0 Å². The topological polar surface area (TPSA) is 12.5 Å². The number of rotatable bonds is 4. The second-order valence-electron chi connectivity index (χ2n) is 4.16. The first-order valence-electron chi connectivity index (χ1n) is 5.82. The molecule has 0 bridgehead atoms. The lowest BCUT2D eigenvalue weighted by atomic mass is 10.1. The van der Waals surface area contributed by atoms with E-state index in [4.69, 9.17) is 16.3 Å². The van der Waals surface area contributed by atoms with E-state index in [0.29, 0.717) is 11.9 Å². The van der Waals surface area contributed by atoms with Crippen molar-refractivity contribution in [2.24, 2.45) is 0 Å². The Morgan fingerprint density at radius 2 is 2.12 bits per heavy atom. The minimum Gasteiger partial charge on any atom is -0.378 e. The molecule has 0 unspecified atom stereocenters. The number of ether oxygens (including phenoxy) is 1. The van der Waals surface area contributed by atoms with Crippen molar-refractivity contribution >= 4 is 11.6 Å². The largest absolute Gasteiger partial charge is 0.378 e. The molecule has 1 atom stereocenters. The highest BCUT2D eigenvalue weighted by Crippen LogP contribution is 2.15. The highest BCUT2D eigenvalue weighted by molar-refractivity contribution is 6.17. The summed E-state index contributed by atoms with van der Waals surface area (Å²) in [6.45, 7) is 3.67. The van der Waals surface area contributed by atoms with Crippen LogP contribution in [0.4, 0.5) is 0 Å². The van der Waals surface area contributed by atoms with E-state index in [1.54, 1.807) is 0 Å². The molecule has 3 heteroatoms. The number of morpholine rings is 1. The molecule has 0 aliphatic carbocycles. The molecule has 1 aromatic carbocycles. The summed E-state index contributed by atoms with van der Waals surface area (Å²) in [6.07, 6.45) is 1.01. The number of hydrogen-bond donors (Lipinski definition) is 0. The summed E-state index contributed by atoms with van der Waals surface area (Å²) in [4.78, 5) is 2.47. The third-order valence-corrected chi connectivity index (χ3v) is 3.24. The highest BCUT2D eigenvalue weighted by Gasteiger charge is 2.22. The Bertz CT molecular complexity index is 302. The number of alkyl halides is 1. The first kappa shape index (κ1) is 11.9. The van der Waals surface area contributed by atoms with Crippen molar-refractivity contribution in [3.63, 3.8) is 0 Å². The quantitative estimate of drug-likeness (QED) is 0.749. The van der Waals surface area contributed by atoms with E-state index in [0.717, 1.165) is 32.7 Å². The van der Waals surface area contributed by atoms with Gasteiger partial charge in [-0.1, -0.05) is 30.3 Å². The van der Waals surface area contributed by atoms with E-state index in [1.807, 2.05) is 0 Å². The van der Waals surface area contributed by atoms with Crippen molar-refractivity contribution in [1.29, 1.82) is 0 Å². The fraction of sp³-hybridized carbons (Fsp3) is 0.538. The number of hydrogen-bond acceptors (Lipinski definition) is 2. The van der Waals surface area contributed by atoms with Crippen molar-refractivity contribution in [3.05, 3.63) is 35.9 Å². The van der Waals surface area contributed by atoms with Gasteiger partial charge < -0.3 is 4.74 Å². The Kier molecular flexibility index (Phi) is 4.64. The molecule has 0 amide bonds. The molecule has 1 fully saturated rings. The van der Waals surface area contributed by atoms with Crippen molar-refractivity contribution in [2.75, 3.05) is 25.6 Å². The van der Waals surface area contributed by atoms with Gasteiger partial charge in [-0.2, -0.15) is 0 Å². The number of halogens is 1. The molecule has 1 saturated heterocycles. The summed E-state index contributed by atoms with van der Waals surface area (Å²) in [5, 5.41) is 0. The maximum absolute atomic E-state index is 5.82. The van der Waals surface area contributed by atoms with Gasteiger partial charge in [-0.05, 0) is 12.0 Å². The van der Waals surface area contributed by atoms with Crippen molar-refractivity contribution in [3.8, 4) is 0 Å². The summed E-state index contributed by atoms with van der Waals surface area (Å²) in [5.41, 5.74) is 1.36. The number of nitrogens with zero attached hydrogens (tertiary/aromatic N) is 1. The molecular weight excluding hydrogens is 222 g/mol. The summed E-state index contributed by atoms with van der Waals surface area (Å²) in [6, 6.07) is 11.1. The van der Waals surface area contributed by atoms with Gasteiger partial charge in [0.2, 0.25) is 0 Å². The Morgan fingerprint density at radius 3 is 2.88 bits per heavy atom. The van der Waals surface area contributed by atoms with Crippen molar-refractivity contribution in [1.82, 2.24) is 4.90 Å². The van der Waals surface area contributed by atoms with Crippen LogP contribution in [-0.2, 0) is 11.3 Å². The highest BCUT2D eigenvalue weighted by atomic mass is 35.5. The van der Waals surface area contributed by atoms with Crippen LogP contribution in [0.25, 0.3) is 0 Å². The van der Waals surface area contributed by atoms with Gasteiger partial charge in [-0.25, -0.2) is 0 Å². The standard InChI is InChI=1S/C13H18ClNO/c14-7-6-13-11-16-9-8-15(13)10-12-4-2-1-3-5-12/h1-5,13H,6-11H2/t13-/m1/s1. The van der Waals surface area contributed by atoms with Gasteiger partial charge >= 0.3 is 0 Å². The summed E-state index contributed by atoms with van der Waals surface area (Å²) in [5.74, 6) is 0.708. The fourth-order valence-electron chi connectivity index (χ4n) is 2.11. The Labute approximate surface area is 102 Å². The van der Waals surface area contributed by atoms with E-state index < -0.39 is 0 Å². The first-order valence-corrected chi connectivity index (χ1v) is 6.35. The first-order chi connectivity index (χ1) is 7.90. The Hall–Kier alpha value is -0.570. The maximum atomic E-state index is 5.82. The predicted molar refractivity (Wildman–Crippen MR) is 66.8 cm³/mol. The predicted octanol–water partition coefficient (Wildman–Crippen LogP) is 2.52. The molecule has 2 nitrogen and oxygen atoms in total. The SMILES string of the molecule is ClCC[C@@H]1COCCN1Cc1ccccc1. The monoisotopic (exact) mass is 239 g/mol. The van der Waals surface area contributed by atoms with Gasteiger partial charge in [0.1, 0.15) is 0 Å². The van der Waals surface area contributed by atoms with Gasteiger partial charge in [-0.15, -0.1) is 11.6 Å². The molecule has 2 rings (SSSR count). The van der Waals surface area contributed by atoms with E-state index >= 15 is 0 Å². The molecule has 0 N–H and O–H groups in total. The lowest BCUT2D eigenvalue weighted by Crippen LogP contribution is -2.45. The van der Waals surface area contributed by atoms with Gasteiger partial charge in [0, 0.05) is 25.0 Å². The normalized spacial score (nSPS) is 22.2. The van der Waals surface area contributed by atoms with Gasteiger partial charge in [0.15, 0.2) is 0 Å². The third kappa shape index (κ3) is 3.21. The maximum Gasteiger partial charge on any atom is 0.0623 e. The summed E-state index contributed by atoms with van der Waals surface area (Å²) >= 11 is 5.82. The van der Waals surface area contributed by atoms with Crippen LogP contribution in [0.5, 0.6) is 0 Å². The second-order valence-corrected chi connectivity index (χ2v) is 4.54. The smallest absolute Gasteiger partial charge is 0.0623 e. The zero-order valence-corrected chi connectivity index (χ0v) is 10.2. The van der Waals surface area contributed by atoms with Crippen LogP contribution >= 0.6 is 11.6 Å². The van der Waals surface area contributed by atoms with Crippen LogP contribution in [0.15, 0.2) is 30.3 Å². The van der Waals surface area contributed by atoms with Crippen LogP contribution in [0.3, 0.4) is 0 Å². The average Bonchev–Trinajstić information content (AvgIpc) is 2.33.